The Morgan fingerprint density at radius 3 is 2.61 bits per heavy atom. The number of nitrogens with one attached hydrogen (secondary N) is 1. The van der Waals surface area contributed by atoms with Gasteiger partial charge in [-0.1, -0.05) is 42.5 Å². The largest absolute Gasteiger partial charge is 0.269 e. The lowest BCUT2D eigenvalue weighted by Crippen LogP contribution is -2.00. The highest BCUT2D eigenvalue weighted by Gasteiger charge is 2.09. The molecule has 0 saturated carbocycles. The lowest BCUT2D eigenvalue weighted by Gasteiger charge is -2.06. The van der Waals surface area contributed by atoms with Crippen molar-refractivity contribution in [3.8, 4) is 11.3 Å². The minimum absolute atomic E-state index is 0.0626. The van der Waals surface area contributed by atoms with Crippen molar-refractivity contribution in [2.45, 2.75) is 6.92 Å². The molecule has 0 atom stereocenters. The van der Waals surface area contributed by atoms with Crippen molar-refractivity contribution < 1.29 is 4.92 Å². The van der Waals surface area contributed by atoms with E-state index in [1.54, 1.807) is 12.1 Å². The van der Waals surface area contributed by atoms with E-state index in [1.165, 1.54) is 28.9 Å². The summed E-state index contributed by atoms with van der Waals surface area (Å²) in [4.78, 5) is 14.9. The number of nitrogens with zero attached hydrogens (tertiary/aromatic N) is 3. The summed E-state index contributed by atoms with van der Waals surface area (Å²) in [5, 5.41) is 20.1. The fourth-order valence-corrected chi connectivity index (χ4v) is 3.61. The number of hydrazone groups is 1. The Kier molecular flexibility index (Phi) is 4.82. The van der Waals surface area contributed by atoms with Crippen molar-refractivity contribution in [1.82, 2.24) is 4.98 Å². The highest BCUT2D eigenvalue weighted by Crippen LogP contribution is 2.27. The Bertz CT molecular complexity index is 1180. The minimum atomic E-state index is -0.414. The molecule has 0 aliphatic heterocycles. The second-order valence-corrected chi connectivity index (χ2v) is 7.04. The first-order valence-corrected chi connectivity index (χ1v) is 9.48. The number of nitro groups is 1. The van der Waals surface area contributed by atoms with Gasteiger partial charge in [0.25, 0.3) is 5.69 Å². The fraction of sp³-hybridized carbons (Fsp3) is 0.0476. The number of hydrogen-bond donors (Lipinski definition) is 1. The quantitative estimate of drug-likeness (QED) is 0.270. The van der Waals surface area contributed by atoms with E-state index >= 15 is 0 Å². The Hall–Kier alpha value is -3.58. The van der Waals surface area contributed by atoms with Crippen molar-refractivity contribution in [2.24, 2.45) is 5.10 Å². The number of aromatic nitrogens is 1. The van der Waals surface area contributed by atoms with Gasteiger partial charge in [-0.25, -0.2) is 4.98 Å². The molecule has 3 aromatic carbocycles. The topological polar surface area (TPSA) is 80.4 Å². The van der Waals surface area contributed by atoms with Crippen molar-refractivity contribution in [1.29, 1.82) is 0 Å². The molecule has 0 bridgehead atoms. The van der Waals surface area contributed by atoms with Crippen LogP contribution in [0.5, 0.6) is 0 Å². The van der Waals surface area contributed by atoms with Crippen LogP contribution in [0.1, 0.15) is 12.5 Å². The molecule has 1 N–H and O–H groups in total. The van der Waals surface area contributed by atoms with E-state index in [2.05, 4.69) is 33.7 Å². The van der Waals surface area contributed by atoms with Crippen molar-refractivity contribution in [3.63, 3.8) is 0 Å². The fourth-order valence-electron chi connectivity index (χ4n) is 2.94. The maximum Gasteiger partial charge on any atom is 0.269 e. The molecule has 138 valence electrons. The molecule has 0 aliphatic carbocycles. The van der Waals surface area contributed by atoms with Gasteiger partial charge in [0.15, 0.2) is 0 Å². The number of benzene rings is 3. The first-order valence-electron chi connectivity index (χ1n) is 8.60. The Morgan fingerprint density at radius 1 is 1.07 bits per heavy atom. The molecule has 0 unspecified atom stereocenters. The predicted octanol–water partition coefficient (Wildman–Crippen LogP) is 5.71. The third kappa shape index (κ3) is 3.60. The van der Waals surface area contributed by atoms with Crippen LogP contribution in [0.4, 0.5) is 10.8 Å². The lowest BCUT2D eigenvalue weighted by atomic mass is 10.0. The Balaban J connectivity index is 1.54. The number of thiazole rings is 1. The summed E-state index contributed by atoms with van der Waals surface area (Å²) in [6.07, 6.45) is 0. The van der Waals surface area contributed by atoms with Crippen LogP contribution in [0.3, 0.4) is 0 Å². The maximum absolute atomic E-state index is 10.8. The monoisotopic (exact) mass is 388 g/mol. The van der Waals surface area contributed by atoms with Crippen LogP contribution in [-0.4, -0.2) is 15.6 Å². The van der Waals surface area contributed by atoms with E-state index in [1.807, 2.05) is 36.6 Å². The smallest absolute Gasteiger partial charge is 0.258 e. The second kappa shape index (κ2) is 7.58. The Morgan fingerprint density at radius 2 is 1.82 bits per heavy atom. The average Bonchev–Trinajstić information content (AvgIpc) is 3.20. The number of anilines is 1. The summed E-state index contributed by atoms with van der Waals surface area (Å²) in [5.41, 5.74) is 6.58. The number of rotatable bonds is 5. The molecule has 7 heteroatoms. The average molecular weight is 388 g/mol. The second-order valence-electron chi connectivity index (χ2n) is 6.18. The molecule has 1 aromatic heterocycles. The molecule has 1 heterocycles. The standard InChI is InChI=1S/C21H16N4O2S/c1-14(18-8-4-6-15-5-2-3-7-19(15)18)23-24-21-22-20(13-28-21)16-9-11-17(12-10-16)25(26)27/h2-13H,1H3,(H,22,24). The zero-order chi connectivity index (χ0) is 19.5. The first kappa shape index (κ1) is 17.8. The maximum atomic E-state index is 10.8. The van der Waals surface area contributed by atoms with Crippen molar-refractivity contribution >= 4 is 38.6 Å². The van der Waals surface area contributed by atoms with Crippen molar-refractivity contribution in [2.75, 3.05) is 5.43 Å². The van der Waals surface area contributed by atoms with Gasteiger partial charge >= 0.3 is 0 Å². The van der Waals surface area contributed by atoms with Crippen LogP contribution < -0.4 is 5.43 Å². The normalized spacial score (nSPS) is 11.5. The number of nitro benzene ring substituents is 1. The van der Waals surface area contributed by atoms with Gasteiger partial charge in [0.1, 0.15) is 0 Å². The Labute approximate surface area is 165 Å². The zero-order valence-electron chi connectivity index (χ0n) is 15.0. The third-order valence-corrected chi connectivity index (χ3v) is 5.12. The van der Waals surface area contributed by atoms with E-state index in [0.717, 1.165) is 27.9 Å². The van der Waals surface area contributed by atoms with Crippen LogP contribution in [0.2, 0.25) is 0 Å². The van der Waals surface area contributed by atoms with Crippen LogP contribution in [0, 0.1) is 10.1 Å². The third-order valence-electron chi connectivity index (χ3n) is 4.38. The summed E-state index contributed by atoms with van der Waals surface area (Å²) in [6.45, 7) is 1.96. The lowest BCUT2D eigenvalue weighted by molar-refractivity contribution is -0.384. The summed E-state index contributed by atoms with van der Waals surface area (Å²) >= 11 is 1.43. The van der Waals surface area contributed by atoms with Gasteiger partial charge in [0.2, 0.25) is 5.13 Å². The molecule has 0 amide bonds. The van der Waals surface area contributed by atoms with Gasteiger partial charge in [0, 0.05) is 28.6 Å². The van der Waals surface area contributed by atoms with Gasteiger partial charge in [-0.05, 0) is 29.8 Å². The molecular weight excluding hydrogens is 372 g/mol. The van der Waals surface area contributed by atoms with Crippen LogP contribution in [0.15, 0.2) is 77.2 Å². The summed E-state index contributed by atoms with van der Waals surface area (Å²) < 4.78 is 0. The minimum Gasteiger partial charge on any atom is -0.258 e. The van der Waals surface area contributed by atoms with Crippen LogP contribution in [-0.2, 0) is 0 Å². The molecular formula is C21H16N4O2S. The SMILES string of the molecule is CC(=NNc1nc(-c2ccc([N+](=O)[O-])cc2)cs1)c1cccc2ccccc12. The molecule has 0 spiro atoms. The van der Waals surface area contributed by atoms with E-state index in [0.29, 0.717) is 5.13 Å². The molecule has 0 saturated heterocycles. The molecule has 6 nitrogen and oxygen atoms in total. The van der Waals surface area contributed by atoms with Crippen LogP contribution >= 0.6 is 11.3 Å². The summed E-state index contributed by atoms with van der Waals surface area (Å²) in [6, 6.07) is 20.7. The van der Waals surface area contributed by atoms with Gasteiger partial charge in [-0.15, -0.1) is 11.3 Å². The molecule has 0 fully saturated rings. The summed E-state index contributed by atoms with van der Waals surface area (Å²) in [5.74, 6) is 0. The molecule has 0 aliphatic rings. The number of fused-ring (bicyclic) bond motifs is 1. The van der Waals surface area contributed by atoms with Gasteiger partial charge in [-0.3, -0.25) is 15.5 Å². The first-order chi connectivity index (χ1) is 13.6. The molecule has 28 heavy (non-hydrogen) atoms. The van der Waals surface area contributed by atoms with E-state index in [-0.39, 0.29) is 5.69 Å². The van der Waals surface area contributed by atoms with E-state index < -0.39 is 4.92 Å². The number of non-ortho nitro benzene ring substituents is 1. The van der Waals surface area contributed by atoms with E-state index in [4.69, 9.17) is 0 Å². The van der Waals surface area contributed by atoms with Crippen LogP contribution in [0.25, 0.3) is 22.0 Å². The van der Waals surface area contributed by atoms with Gasteiger partial charge in [0.05, 0.1) is 16.3 Å². The molecule has 0 radical (unpaired) electrons. The predicted molar refractivity (Wildman–Crippen MR) is 114 cm³/mol. The van der Waals surface area contributed by atoms with Gasteiger partial charge < -0.3 is 0 Å². The highest BCUT2D eigenvalue weighted by atomic mass is 32.1. The van der Waals surface area contributed by atoms with Gasteiger partial charge in [-0.2, -0.15) is 5.10 Å². The highest BCUT2D eigenvalue weighted by molar-refractivity contribution is 7.14. The van der Waals surface area contributed by atoms with E-state index in [9.17, 15) is 10.1 Å². The number of hydrogen-bond acceptors (Lipinski definition) is 6. The summed E-state index contributed by atoms with van der Waals surface area (Å²) in [7, 11) is 0. The van der Waals surface area contributed by atoms with Crippen molar-refractivity contribution in [3.05, 3.63) is 87.8 Å². The molecule has 4 rings (SSSR count). The zero-order valence-corrected chi connectivity index (χ0v) is 15.8. The molecule has 4 aromatic rings.